The van der Waals surface area contributed by atoms with E-state index in [4.69, 9.17) is 22.1 Å². The molecule has 6 heteroatoms. The Balaban J connectivity index is 2.33. The Hall–Kier alpha value is -1.88. The van der Waals surface area contributed by atoms with Crippen molar-refractivity contribution in [2.45, 2.75) is 6.92 Å². The molecular formula is C11H9ClFN3O. The third-order valence-electron chi connectivity index (χ3n) is 2.04. The van der Waals surface area contributed by atoms with Crippen molar-refractivity contribution in [3.63, 3.8) is 0 Å². The molecule has 0 aliphatic rings. The van der Waals surface area contributed by atoms with Gasteiger partial charge in [-0.25, -0.2) is 14.4 Å². The lowest BCUT2D eigenvalue weighted by Gasteiger charge is -2.08. The molecule has 0 aliphatic heterocycles. The molecule has 0 atom stereocenters. The molecule has 0 unspecified atom stereocenters. The molecule has 0 fully saturated rings. The molecule has 0 saturated heterocycles. The Kier molecular flexibility index (Phi) is 3.10. The predicted octanol–water partition coefficient (Wildman–Crippen LogP) is 2.95. The van der Waals surface area contributed by atoms with Gasteiger partial charge in [0.2, 0.25) is 0 Å². The lowest BCUT2D eigenvalue weighted by Crippen LogP contribution is -1.97. The molecule has 1 aromatic carbocycles. The molecule has 0 spiro atoms. The quantitative estimate of drug-likeness (QED) is 0.836. The van der Waals surface area contributed by atoms with E-state index < -0.39 is 5.82 Å². The summed E-state index contributed by atoms with van der Waals surface area (Å²) < 4.78 is 18.8. The summed E-state index contributed by atoms with van der Waals surface area (Å²) in [6.07, 6.45) is 2.74. The molecule has 0 saturated carbocycles. The Morgan fingerprint density at radius 2 is 1.94 bits per heavy atom. The van der Waals surface area contributed by atoms with Crippen LogP contribution in [-0.4, -0.2) is 9.97 Å². The minimum absolute atomic E-state index is 0.0289. The van der Waals surface area contributed by atoms with Gasteiger partial charge in [-0.2, -0.15) is 0 Å². The van der Waals surface area contributed by atoms with E-state index in [0.29, 0.717) is 16.3 Å². The third-order valence-corrected chi connectivity index (χ3v) is 2.24. The van der Waals surface area contributed by atoms with E-state index in [9.17, 15) is 4.39 Å². The number of hydrogen-bond acceptors (Lipinski definition) is 4. The Morgan fingerprint density at radius 1 is 1.29 bits per heavy atom. The Morgan fingerprint density at radius 3 is 2.53 bits per heavy atom. The van der Waals surface area contributed by atoms with Gasteiger partial charge in [-0.15, -0.1) is 0 Å². The Labute approximate surface area is 102 Å². The molecule has 88 valence electrons. The Bertz CT molecular complexity index is 522. The van der Waals surface area contributed by atoms with E-state index in [-0.39, 0.29) is 11.8 Å². The topological polar surface area (TPSA) is 61.0 Å². The number of ether oxygens (including phenoxy) is 1. The standard InChI is InChI=1S/C11H9ClFN3O/c1-6-2-8(14)3-9(13)10(6)17-11-15-4-7(12)5-16-11/h2-5H,14H2,1H3. The van der Waals surface area contributed by atoms with Crippen molar-refractivity contribution in [3.05, 3.63) is 40.9 Å². The molecule has 0 aliphatic carbocycles. The monoisotopic (exact) mass is 253 g/mol. The number of nitrogens with two attached hydrogens (primary N) is 1. The number of hydrogen-bond donors (Lipinski definition) is 1. The van der Waals surface area contributed by atoms with Crippen molar-refractivity contribution >= 4 is 17.3 Å². The van der Waals surface area contributed by atoms with Crippen molar-refractivity contribution in [2.24, 2.45) is 0 Å². The smallest absolute Gasteiger partial charge is 0.322 e. The molecule has 0 radical (unpaired) electrons. The van der Waals surface area contributed by atoms with Crippen molar-refractivity contribution in [1.29, 1.82) is 0 Å². The zero-order chi connectivity index (χ0) is 12.4. The summed E-state index contributed by atoms with van der Waals surface area (Å²) in [6.45, 7) is 1.69. The number of anilines is 1. The van der Waals surface area contributed by atoms with E-state index in [1.165, 1.54) is 18.5 Å². The summed E-state index contributed by atoms with van der Waals surface area (Å²) in [5.74, 6) is -0.498. The third kappa shape index (κ3) is 2.62. The fraction of sp³-hybridized carbons (Fsp3) is 0.0909. The van der Waals surface area contributed by atoms with E-state index in [0.717, 1.165) is 0 Å². The largest absolute Gasteiger partial charge is 0.421 e. The number of nitrogens with zero attached hydrogens (tertiary/aromatic N) is 2. The van der Waals surface area contributed by atoms with Crippen LogP contribution >= 0.6 is 11.6 Å². The van der Waals surface area contributed by atoms with Crippen LogP contribution < -0.4 is 10.5 Å². The second kappa shape index (κ2) is 4.55. The van der Waals surface area contributed by atoms with Crippen LogP contribution in [0, 0.1) is 12.7 Å². The molecule has 4 nitrogen and oxygen atoms in total. The molecule has 2 aromatic rings. The molecular weight excluding hydrogens is 245 g/mol. The molecule has 17 heavy (non-hydrogen) atoms. The maximum absolute atomic E-state index is 13.6. The number of benzene rings is 1. The zero-order valence-electron chi connectivity index (χ0n) is 8.95. The van der Waals surface area contributed by atoms with Gasteiger partial charge in [-0.05, 0) is 18.6 Å². The zero-order valence-corrected chi connectivity index (χ0v) is 9.70. The number of rotatable bonds is 2. The first-order valence-corrected chi connectivity index (χ1v) is 5.15. The van der Waals surface area contributed by atoms with Crippen molar-refractivity contribution < 1.29 is 9.13 Å². The van der Waals surface area contributed by atoms with Crippen LogP contribution in [0.25, 0.3) is 0 Å². The van der Waals surface area contributed by atoms with Gasteiger partial charge >= 0.3 is 6.01 Å². The molecule has 1 aromatic heterocycles. The summed E-state index contributed by atoms with van der Waals surface area (Å²) in [4.78, 5) is 7.63. The van der Waals surface area contributed by atoms with Gasteiger partial charge in [0.05, 0.1) is 17.4 Å². The highest BCUT2D eigenvalue weighted by atomic mass is 35.5. The fourth-order valence-corrected chi connectivity index (χ4v) is 1.43. The second-order valence-electron chi connectivity index (χ2n) is 3.43. The van der Waals surface area contributed by atoms with Gasteiger partial charge in [0.15, 0.2) is 11.6 Å². The molecule has 2 rings (SSSR count). The summed E-state index contributed by atoms with van der Waals surface area (Å²) in [5.41, 5.74) is 6.41. The fourth-order valence-electron chi connectivity index (χ4n) is 1.33. The highest BCUT2D eigenvalue weighted by Crippen LogP contribution is 2.28. The minimum atomic E-state index is -0.555. The van der Waals surface area contributed by atoms with E-state index in [1.807, 2.05) is 0 Å². The van der Waals surface area contributed by atoms with E-state index >= 15 is 0 Å². The first-order valence-electron chi connectivity index (χ1n) is 4.77. The lowest BCUT2D eigenvalue weighted by molar-refractivity contribution is 0.408. The molecule has 0 amide bonds. The minimum Gasteiger partial charge on any atom is -0.421 e. The first-order chi connectivity index (χ1) is 8.06. The number of nitrogen functional groups attached to an aromatic ring is 1. The van der Waals surface area contributed by atoms with Crippen LogP contribution in [0.4, 0.5) is 10.1 Å². The molecule has 1 heterocycles. The highest BCUT2D eigenvalue weighted by Gasteiger charge is 2.11. The van der Waals surface area contributed by atoms with Gasteiger partial charge in [0.1, 0.15) is 0 Å². The van der Waals surface area contributed by atoms with Crippen LogP contribution in [0.15, 0.2) is 24.5 Å². The predicted molar refractivity (Wildman–Crippen MR) is 62.7 cm³/mol. The number of aromatic nitrogens is 2. The number of halogens is 2. The summed E-state index contributed by atoms with van der Waals surface area (Å²) >= 11 is 5.63. The van der Waals surface area contributed by atoms with Crippen LogP contribution in [0.5, 0.6) is 11.8 Å². The van der Waals surface area contributed by atoms with Gasteiger partial charge in [0.25, 0.3) is 0 Å². The molecule has 0 bridgehead atoms. The normalized spacial score (nSPS) is 10.3. The van der Waals surface area contributed by atoms with Gasteiger partial charge in [0, 0.05) is 11.8 Å². The maximum Gasteiger partial charge on any atom is 0.322 e. The van der Waals surface area contributed by atoms with Crippen molar-refractivity contribution in [2.75, 3.05) is 5.73 Å². The average Bonchev–Trinajstić information content (AvgIpc) is 2.26. The van der Waals surface area contributed by atoms with E-state index in [2.05, 4.69) is 9.97 Å². The second-order valence-corrected chi connectivity index (χ2v) is 3.87. The maximum atomic E-state index is 13.6. The number of aryl methyl sites for hydroxylation is 1. The van der Waals surface area contributed by atoms with Gasteiger partial charge in [-0.3, -0.25) is 0 Å². The van der Waals surface area contributed by atoms with Crippen LogP contribution in [0.3, 0.4) is 0 Å². The highest BCUT2D eigenvalue weighted by molar-refractivity contribution is 6.30. The molecule has 2 N–H and O–H groups in total. The summed E-state index contributed by atoms with van der Waals surface area (Å²) in [7, 11) is 0. The first kappa shape index (κ1) is 11.6. The SMILES string of the molecule is Cc1cc(N)cc(F)c1Oc1ncc(Cl)cn1. The van der Waals surface area contributed by atoms with Gasteiger partial charge in [-0.1, -0.05) is 11.6 Å². The van der Waals surface area contributed by atoms with E-state index in [1.54, 1.807) is 13.0 Å². The average molecular weight is 254 g/mol. The summed E-state index contributed by atoms with van der Waals surface area (Å²) in [5, 5.41) is 0.381. The van der Waals surface area contributed by atoms with Crippen molar-refractivity contribution in [3.8, 4) is 11.8 Å². The lowest BCUT2D eigenvalue weighted by atomic mass is 10.2. The van der Waals surface area contributed by atoms with Crippen molar-refractivity contribution in [1.82, 2.24) is 9.97 Å². The van der Waals surface area contributed by atoms with Crippen LogP contribution in [-0.2, 0) is 0 Å². The van der Waals surface area contributed by atoms with Crippen LogP contribution in [0.1, 0.15) is 5.56 Å². The summed E-state index contributed by atoms with van der Waals surface area (Å²) in [6, 6.07) is 2.81. The van der Waals surface area contributed by atoms with Gasteiger partial charge < -0.3 is 10.5 Å². The van der Waals surface area contributed by atoms with Crippen LogP contribution in [0.2, 0.25) is 5.02 Å².